The number of esters is 1. The van der Waals surface area contributed by atoms with Crippen molar-refractivity contribution in [3.8, 4) is 0 Å². The molecule has 7 nitrogen and oxygen atoms in total. The summed E-state index contributed by atoms with van der Waals surface area (Å²) in [7, 11) is 1.20. The molecule has 0 saturated heterocycles. The smallest absolute Gasteiger partial charge is 0.339 e. The molecule has 2 atom stereocenters. The highest BCUT2D eigenvalue weighted by Gasteiger charge is 2.24. The maximum absolute atomic E-state index is 11.4. The number of carbonyl (C=O) groups excluding carboxylic acids is 2. The van der Waals surface area contributed by atoms with Gasteiger partial charge in [-0.25, -0.2) is 4.79 Å². The Bertz CT molecular complexity index is 489. The van der Waals surface area contributed by atoms with Gasteiger partial charge in [-0.15, -0.1) is 0 Å². The zero-order chi connectivity index (χ0) is 14.6. The molecule has 0 saturated carbocycles. The first-order chi connectivity index (χ1) is 8.88. The van der Waals surface area contributed by atoms with E-state index in [0.717, 1.165) is 0 Å². The van der Waals surface area contributed by atoms with E-state index in [1.807, 2.05) is 0 Å². The maximum atomic E-state index is 11.4. The molecule has 0 bridgehead atoms. The molecule has 19 heavy (non-hydrogen) atoms. The topological polar surface area (TPSA) is 136 Å². The number of ether oxygens (including phenoxy) is 1. The second kappa shape index (κ2) is 6.17. The Balaban J connectivity index is 3.07. The van der Waals surface area contributed by atoms with E-state index in [9.17, 15) is 19.8 Å². The number of nitrogens with two attached hydrogens (primary N) is 2. The van der Waals surface area contributed by atoms with Gasteiger partial charge in [-0.1, -0.05) is 12.1 Å². The van der Waals surface area contributed by atoms with E-state index >= 15 is 0 Å². The summed E-state index contributed by atoms with van der Waals surface area (Å²) in [5, 5.41) is 19.5. The second-order valence-electron chi connectivity index (χ2n) is 3.98. The molecule has 0 aromatic heterocycles. The third-order valence-corrected chi connectivity index (χ3v) is 2.64. The van der Waals surface area contributed by atoms with Gasteiger partial charge >= 0.3 is 5.97 Å². The summed E-state index contributed by atoms with van der Waals surface area (Å²) >= 11 is 0. The molecule has 0 spiro atoms. The van der Waals surface area contributed by atoms with E-state index in [0.29, 0.717) is 0 Å². The molecule has 0 aliphatic heterocycles. The normalized spacial score (nSPS) is 13.6. The van der Waals surface area contributed by atoms with Crippen molar-refractivity contribution in [2.45, 2.75) is 18.6 Å². The second-order valence-corrected chi connectivity index (χ2v) is 3.98. The van der Waals surface area contributed by atoms with Gasteiger partial charge in [0.25, 0.3) is 0 Å². The van der Waals surface area contributed by atoms with Crippen molar-refractivity contribution < 1.29 is 24.5 Å². The molecule has 1 aromatic rings. The Hall–Kier alpha value is -2.12. The van der Waals surface area contributed by atoms with Crippen molar-refractivity contribution in [2.24, 2.45) is 5.73 Å². The number of rotatable bonds is 5. The molecule has 0 radical (unpaired) electrons. The number of methoxy groups -OCH3 is 1. The van der Waals surface area contributed by atoms with Crippen LogP contribution in [0.4, 0.5) is 5.69 Å². The van der Waals surface area contributed by atoms with E-state index in [2.05, 4.69) is 4.74 Å². The number of aliphatic hydroxyl groups is 2. The number of para-hydroxylation sites is 1. The fourth-order valence-electron chi connectivity index (χ4n) is 1.65. The van der Waals surface area contributed by atoms with E-state index in [-0.39, 0.29) is 16.8 Å². The van der Waals surface area contributed by atoms with E-state index < -0.39 is 30.5 Å². The minimum Gasteiger partial charge on any atom is -0.465 e. The zero-order valence-electron chi connectivity index (χ0n) is 10.4. The van der Waals surface area contributed by atoms with Gasteiger partial charge < -0.3 is 26.4 Å². The van der Waals surface area contributed by atoms with Crippen LogP contribution in [0.5, 0.6) is 0 Å². The molecule has 104 valence electrons. The van der Waals surface area contributed by atoms with Gasteiger partial charge in [0.2, 0.25) is 5.91 Å². The fraction of sp³-hybridized carbons (Fsp3) is 0.333. The molecule has 1 aromatic carbocycles. The van der Waals surface area contributed by atoms with Crippen molar-refractivity contribution in [3.63, 3.8) is 0 Å². The van der Waals surface area contributed by atoms with Gasteiger partial charge in [-0.2, -0.15) is 0 Å². The van der Waals surface area contributed by atoms with E-state index in [1.54, 1.807) is 0 Å². The molecule has 0 fully saturated rings. The standard InChI is InChI=1S/C12H16N2O5/c1-19-12(18)7-4-2-3-6(10(7)14)11(17)8(15)5-9(13)16/h2-4,8,11,15,17H,5,14H2,1H3,(H2,13,16). The maximum Gasteiger partial charge on any atom is 0.339 e. The summed E-state index contributed by atoms with van der Waals surface area (Å²) in [6, 6.07) is 4.35. The van der Waals surface area contributed by atoms with Crippen molar-refractivity contribution in [1.82, 2.24) is 0 Å². The lowest BCUT2D eigenvalue weighted by atomic mass is 9.97. The van der Waals surface area contributed by atoms with Crippen LogP contribution in [0.2, 0.25) is 0 Å². The number of carbonyl (C=O) groups is 2. The van der Waals surface area contributed by atoms with Gasteiger partial charge in [0.1, 0.15) is 6.10 Å². The monoisotopic (exact) mass is 268 g/mol. The van der Waals surface area contributed by atoms with Gasteiger partial charge in [0, 0.05) is 5.56 Å². The van der Waals surface area contributed by atoms with Gasteiger partial charge in [0.15, 0.2) is 0 Å². The molecule has 7 heteroatoms. The van der Waals surface area contributed by atoms with Crippen LogP contribution in [-0.4, -0.2) is 35.3 Å². The Kier molecular flexibility index (Phi) is 4.85. The van der Waals surface area contributed by atoms with E-state index in [4.69, 9.17) is 11.5 Å². The number of benzene rings is 1. The summed E-state index contributed by atoms with van der Waals surface area (Å²) < 4.78 is 4.54. The highest BCUT2D eigenvalue weighted by Crippen LogP contribution is 2.27. The minimum atomic E-state index is -1.42. The Morgan fingerprint density at radius 1 is 1.37 bits per heavy atom. The third kappa shape index (κ3) is 3.43. The summed E-state index contributed by atoms with van der Waals surface area (Å²) in [5.74, 6) is -1.41. The Morgan fingerprint density at radius 3 is 2.53 bits per heavy atom. The third-order valence-electron chi connectivity index (χ3n) is 2.64. The lowest BCUT2D eigenvalue weighted by Crippen LogP contribution is -2.26. The van der Waals surface area contributed by atoms with Crippen LogP contribution < -0.4 is 11.5 Å². The summed E-state index contributed by atoms with van der Waals surface area (Å²) in [4.78, 5) is 22.1. The molecular weight excluding hydrogens is 252 g/mol. The molecule has 0 heterocycles. The van der Waals surface area contributed by atoms with Crippen LogP contribution in [0, 0.1) is 0 Å². The quantitative estimate of drug-likeness (QED) is 0.413. The fourth-order valence-corrected chi connectivity index (χ4v) is 1.65. The lowest BCUT2D eigenvalue weighted by molar-refractivity contribution is -0.121. The zero-order valence-corrected chi connectivity index (χ0v) is 10.4. The molecule has 6 N–H and O–H groups in total. The average molecular weight is 268 g/mol. The SMILES string of the molecule is COC(=O)c1cccc(C(O)C(O)CC(N)=O)c1N. The van der Waals surface area contributed by atoms with Crippen LogP contribution in [0.1, 0.15) is 28.4 Å². The highest BCUT2D eigenvalue weighted by atomic mass is 16.5. The van der Waals surface area contributed by atoms with Crippen LogP contribution in [-0.2, 0) is 9.53 Å². The summed E-state index contributed by atoms with van der Waals surface area (Å²) in [5.41, 5.74) is 10.9. The molecule has 0 aliphatic rings. The Morgan fingerprint density at radius 2 is 2.00 bits per heavy atom. The number of anilines is 1. The van der Waals surface area contributed by atoms with Crippen molar-refractivity contribution in [3.05, 3.63) is 29.3 Å². The number of nitrogen functional groups attached to an aromatic ring is 1. The van der Waals surface area contributed by atoms with Gasteiger partial charge in [0.05, 0.1) is 30.9 Å². The van der Waals surface area contributed by atoms with Crippen molar-refractivity contribution >= 4 is 17.6 Å². The number of hydrogen-bond acceptors (Lipinski definition) is 6. The summed E-state index contributed by atoms with van der Waals surface area (Å²) in [6.07, 6.45) is -3.23. The summed E-state index contributed by atoms with van der Waals surface area (Å²) in [6.45, 7) is 0. The van der Waals surface area contributed by atoms with Crippen LogP contribution >= 0.6 is 0 Å². The molecular formula is C12H16N2O5. The van der Waals surface area contributed by atoms with Crippen LogP contribution in [0.15, 0.2) is 18.2 Å². The van der Waals surface area contributed by atoms with Gasteiger partial charge in [-0.05, 0) is 6.07 Å². The van der Waals surface area contributed by atoms with E-state index in [1.165, 1.54) is 25.3 Å². The first-order valence-corrected chi connectivity index (χ1v) is 5.49. The van der Waals surface area contributed by atoms with Crippen LogP contribution in [0.25, 0.3) is 0 Å². The highest BCUT2D eigenvalue weighted by molar-refractivity contribution is 5.95. The number of amides is 1. The van der Waals surface area contributed by atoms with Gasteiger partial charge in [-0.3, -0.25) is 4.79 Å². The lowest BCUT2D eigenvalue weighted by Gasteiger charge is -2.19. The Labute approximate surface area is 109 Å². The number of aliphatic hydroxyl groups excluding tert-OH is 2. The molecule has 1 rings (SSSR count). The van der Waals surface area contributed by atoms with Crippen molar-refractivity contribution in [1.29, 1.82) is 0 Å². The number of primary amides is 1. The largest absolute Gasteiger partial charge is 0.465 e. The first-order valence-electron chi connectivity index (χ1n) is 5.49. The predicted octanol–water partition coefficient (Wildman–Crippen LogP) is -0.675. The van der Waals surface area contributed by atoms with Crippen LogP contribution in [0.3, 0.4) is 0 Å². The molecule has 1 amide bonds. The predicted molar refractivity (Wildman–Crippen MR) is 67.0 cm³/mol. The van der Waals surface area contributed by atoms with Crippen molar-refractivity contribution in [2.75, 3.05) is 12.8 Å². The first kappa shape index (κ1) is 14.9. The average Bonchev–Trinajstić information content (AvgIpc) is 2.36. The molecule has 2 unspecified atom stereocenters. The number of hydrogen-bond donors (Lipinski definition) is 4. The molecule has 0 aliphatic carbocycles. The minimum absolute atomic E-state index is 0.00892.